The summed E-state index contributed by atoms with van der Waals surface area (Å²) in [6, 6.07) is 15.4. The number of ether oxygens (including phenoxy) is 1. The van der Waals surface area contributed by atoms with E-state index in [9.17, 15) is 40.3 Å². The number of aryl methyl sites for hydroxylation is 1. The molecule has 0 fully saturated rings. The van der Waals surface area contributed by atoms with E-state index < -0.39 is 54.4 Å². The van der Waals surface area contributed by atoms with E-state index in [-0.39, 0.29) is 24.0 Å². The summed E-state index contributed by atoms with van der Waals surface area (Å²) < 4.78 is 112. The summed E-state index contributed by atoms with van der Waals surface area (Å²) in [4.78, 5) is 23.8. The lowest BCUT2D eigenvalue weighted by atomic mass is 9.77. The highest BCUT2D eigenvalue weighted by Crippen LogP contribution is 2.38. The van der Waals surface area contributed by atoms with Crippen LogP contribution in [0, 0.1) is 5.82 Å². The molecule has 0 aliphatic heterocycles. The van der Waals surface area contributed by atoms with Gasteiger partial charge < -0.3 is 20.5 Å². The number of hydrogen-bond acceptors (Lipinski definition) is 3. The predicted molar refractivity (Wildman–Crippen MR) is 152 cm³/mol. The number of rotatable bonds is 16. The second-order valence-electron chi connectivity index (χ2n) is 10.6. The summed E-state index contributed by atoms with van der Waals surface area (Å²) in [5.74, 6) is -3.11. The Balaban J connectivity index is 2.13. The third kappa shape index (κ3) is 10.9. The summed E-state index contributed by atoms with van der Waals surface area (Å²) in [7, 11) is 0. The van der Waals surface area contributed by atoms with Crippen LogP contribution in [0.4, 0.5) is 39.9 Å². The Kier molecular flexibility index (Phi) is 12.4. The molecule has 0 aliphatic rings. The molecular weight excluding hydrogens is 628 g/mol. The first-order chi connectivity index (χ1) is 21.6. The number of urea groups is 1. The minimum Gasteiger partial charge on any atom is -0.481 e. The Morgan fingerprint density at radius 2 is 1.48 bits per heavy atom. The van der Waals surface area contributed by atoms with Crippen molar-refractivity contribution < 1.29 is 54.6 Å². The molecule has 2 amide bonds. The topological polar surface area (TPSA) is 87.7 Å². The van der Waals surface area contributed by atoms with Gasteiger partial charge in [-0.2, -0.15) is 30.7 Å². The maximum absolute atomic E-state index is 15.0. The standard InChI is InChI=1S/C32H32F8N2O4/c33-25-16-24(17-26(18-25)46-32(39,40)28(34)35)30(19-22-10-5-3-6-11-22,42-29(45)41-20-31(36,37)38)23-13-8-12-21(15-23)9-4-1-2-7-14-27(43)44/h3,5-6,8,10-13,15-18,28H,1-2,4,7,9,14,19-20H2,(H,43,44)(H2,41,42,45). The number of carboxylic acid groups (broad SMARTS) is 1. The third-order valence-electron chi connectivity index (χ3n) is 6.99. The number of carboxylic acids is 1. The number of carbonyl (C=O) groups excluding carboxylic acids is 1. The van der Waals surface area contributed by atoms with Gasteiger partial charge in [-0.15, -0.1) is 0 Å². The maximum Gasteiger partial charge on any atom is 0.461 e. The lowest BCUT2D eigenvalue weighted by molar-refractivity contribution is -0.253. The van der Waals surface area contributed by atoms with Gasteiger partial charge in [-0.1, -0.05) is 67.4 Å². The summed E-state index contributed by atoms with van der Waals surface area (Å²) in [6.45, 7) is -1.72. The molecule has 0 aromatic heterocycles. The SMILES string of the molecule is O=C(O)CCCCCCc1cccc(C(Cc2ccccc2)(NC(=O)NCC(F)(F)F)c2cc(F)cc(OC(F)(F)C(F)F)c2)c1. The van der Waals surface area contributed by atoms with E-state index in [0.717, 1.165) is 12.1 Å². The maximum atomic E-state index is 15.0. The normalized spacial score (nSPS) is 13.2. The first kappa shape index (κ1) is 36.1. The van der Waals surface area contributed by atoms with Gasteiger partial charge in [0.15, 0.2) is 0 Å². The number of unbranched alkanes of at least 4 members (excludes halogenated alkanes) is 3. The van der Waals surface area contributed by atoms with Gasteiger partial charge in [0.1, 0.15) is 18.1 Å². The van der Waals surface area contributed by atoms with Gasteiger partial charge in [0.25, 0.3) is 0 Å². The van der Waals surface area contributed by atoms with E-state index in [1.807, 2.05) is 0 Å². The molecule has 1 atom stereocenters. The van der Waals surface area contributed by atoms with E-state index in [4.69, 9.17) is 5.11 Å². The van der Waals surface area contributed by atoms with Crippen molar-refractivity contribution in [3.8, 4) is 5.75 Å². The molecule has 3 N–H and O–H groups in total. The van der Waals surface area contributed by atoms with Crippen molar-refractivity contribution >= 4 is 12.0 Å². The summed E-state index contributed by atoms with van der Waals surface area (Å²) in [5.41, 5.74) is -0.798. The number of aliphatic carboxylic acids is 1. The highest BCUT2D eigenvalue weighted by Gasteiger charge is 2.45. The molecule has 0 aliphatic carbocycles. The molecule has 0 saturated heterocycles. The second-order valence-corrected chi connectivity index (χ2v) is 10.6. The van der Waals surface area contributed by atoms with Crippen LogP contribution in [-0.2, 0) is 23.2 Å². The van der Waals surface area contributed by atoms with Gasteiger partial charge in [-0.3, -0.25) is 4.79 Å². The number of amides is 2. The molecule has 0 saturated carbocycles. The smallest absolute Gasteiger partial charge is 0.461 e. The number of hydrogen-bond donors (Lipinski definition) is 3. The molecule has 3 aromatic carbocycles. The number of halogens is 8. The summed E-state index contributed by atoms with van der Waals surface area (Å²) in [5, 5.41) is 13.0. The fourth-order valence-corrected chi connectivity index (χ4v) is 4.90. The highest BCUT2D eigenvalue weighted by molar-refractivity contribution is 5.76. The predicted octanol–water partition coefficient (Wildman–Crippen LogP) is 7.99. The molecule has 250 valence electrons. The zero-order valence-electron chi connectivity index (χ0n) is 24.4. The van der Waals surface area contributed by atoms with Gasteiger partial charge >= 0.3 is 30.7 Å². The first-order valence-corrected chi connectivity index (χ1v) is 14.2. The van der Waals surface area contributed by atoms with E-state index in [1.54, 1.807) is 53.8 Å². The third-order valence-corrected chi connectivity index (χ3v) is 6.99. The Bertz CT molecular complexity index is 1450. The molecule has 0 radical (unpaired) electrons. The van der Waals surface area contributed by atoms with Crippen LogP contribution in [-0.4, -0.2) is 42.4 Å². The van der Waals surface area contributed by atoms with Crippen molar-refractivity contribution in [1.82, 2.24) is 10.6 Å². The van der Waals surface area contributed by atoms with Crippen molar-refractivity contribution in [1.29, 1.82) is 0 Å². The molecule has 46 heavy (non-hydrogen) atoms. The van der Waals surface area contributed by atoms with Crippen LogP contribution in [0.25, 0.3) is 0 Å². The van der Waals surface area contributed by atoms with Crippen LogP contribution >= 0.6 is 0 Å². The summed E-state index contributed by atoms with van der Waals surface area (Å²) >= 11 is 0. The Morgan fingerprint density at radius 1 is 0.804 bits per heavy atom. The minimum atomic E-state index is -5.00. The Hall–Kier alpha value is -4.36. The molecule has 3 rings (SSSR count). The van der Waals surface area contributed by atoms with Crippen LogP contribution in [0.3, 0.4) is 0 Å². The van der Waals surface area contributed by atoms with Gasteiger partial charge in [0.2, 0.25) is 0 Å². The molecular formula is C32H32F8N2O4. The fraction of sp³-hybridized carbons (Fsp3) is 0.375. The lowest BCUT2D eigenvalue weighted by Crippen LogP contribution is -2.53. The van der Waals surface area contributed by atoms with E-state index in [2.05, 4.69) is 10.1 Å². The van der Waals surface area contributed by atoms with Gasteiger partial charge in [-0.05, 0) is 53.6 Å². The number of benzene rings is 3. The number of carbonyl (C=O) groups is 2. The van der Waals surface area contributed by atoms with Crippen molar-refractivity contribution in [2.24, 2.45) is 0 Å². The van der Waals surface area contributed by atoms with E-state index in [0.29, 0.717) is 49.3 Å². The fourth-order valence-electron chi connectivity index (χ4n) is 4.90. The van der Waals surface area contributed by atoms with Crippen molar-refractivity contribution in [2.75, 3.05) is 6.54 Å². The molecule has 0 heterocycles. The molecule has 3 aromatic rings. The number of alkyl halides is 7. The number of nitrogens with one attached hydrogen (secondary N) is 2. The second kappa shape index (κ2) is 15.8. The molecule has 0 bridgehead atoms. The molecule has 6 nitrogen and oxygen atoms in total. The van der Waals surface area contributed by atoms with Crippen LogP contribution in [0.2, 0.25) is 0 Å². The zero-order chi connectivity index (χ0) is 34.0. The van der Waals surface area contributed by atoms with Crippen LogP contribution < -0.4 is 15.4 Å². The van der Waals surface area contributed by atoms with Gasteiger partial charge in [0, 0.05) is 18.9 Å². The van der Waals surface area contributed by atoms with E-state index in [1.165, 1.54) is 6.07 Å². The van der Waals surface area contributed by atoms with Gasteiger partial charge in [-0.25, -0.2) is 9.18 Å². The average Bonchev–Trinajstić information content (AvgIpc) is 2.97. The Labute approximate surface area is 259 Å². The average molecular weight is 661 g/mol. The minimum absolute atomic E-state index is 0.0299. The molecule has 14 heteroatoms. The van der Waals surface area contributed by atoms with Crippen molar-refractivity contribution in [2.45, 2.75) is 69.2 Å². The monoisotopic (exact) mass is 660 g/mol. The quantitative estimate of drug-likeness (QED) is 0.107. The zero-order valence-corrected chi connectivity index (χ0v) is 24.4. The van der Waals surface area contributed by atoms with Crippen molar-refractivity contribution in [3.63, 3.8) is 0 Å². The van der Waals surface area contributed by atoms with Crippen molar-refractivity contribution in [3.05, 3.63) is 101 Å². The molecule has 1 unspecified atom stereocenters. The van der Waals surface area contributed by atoms with Gasteiger partial charge in [0.05, 0.1) is 5.54 Å². The first-order valence-electron chi connectivity index (χ1n) is 14.2. The van der Waals surface area contributed by atoms with Crippen LogP contribution in [0.5, 0.6) is 5.75 Å². The molecule has 0 spiro atoms. The van der Waals surface area contributed by atoms with Crippen LogP contribution in [0.1, 0.15) is 54.4 Å². The highest BCUT2D eigenvalue weighted by atomic mass is 19.4. The largest absolute Gasteiger partial charge is 0.481 e. The van der Waals surface area contributed by atoms with E-state index >= 15 is 4.39 Å². The Morgan fingerprint density at radius 3 is 2.13 bits per heavy atom. The summed E-state index contributed by atoms with van der Waals surface area (Å²) in [6.07, 6.45) is -11.3. The van der Waals surface area contributed by atoms with Crippen LogP contribution in [0.15, 0.2) is 72.8 Å². The lowest BCUT2D eigenvalue weighted by Gasteiger charge is -2.37.